The monoisotopic (exact) mass is 280 g/mol. The second-order valence-electron chi connectivity index (χ2n) is 4.77. The van der Waals surface area contributed by atoms with Crippen LogP contribution in [0.25, 0.3) is 0 Å². The molecular weight excluding hydrogens is 252 g/mol. The van der Waals surface area contributed by atoms with Gasteiger partial charge in [-0.1, -0.05) is 0 Å². The summed E-state index contributed by atoms with van der Waals surface area (Å²) in [5.74, 6) is 0.898. The molecule has 0 aromatic heterocycles. The number of rotatable bonds is 11. The van der Waals surface area contributed by atoms with Gasteiger partial charge in [-0.25, -0.2) is 0 Å². The fourth-order valence-corrected chi connectivity index (χ4v) is 1.94. The number of hydrogen-bond acceptors (Lipinski definition) is 4. The molecule has 0 fully saturated rings. The van der Waals surface area contributed by atoms with Gasteiger partial charge in [0.25, 0.3) is 0 Å². The van der Waals surface area contributed by atoms with Crippen LogP contribution in [0.5, 0.6) is 5.75 Å². The molecule has 1 N–H and O–H groups in total. The summed E-state index contributed by atoms with van der Waals surface area (Å²) < 4.78 is 10.5. The summed E-state index contributed by atoms with van der Waals surface area (Å²) in [5.41, 5.74) is 1.21. The largest absolute Gasteiger partial charge is 0.497 e. The molecule has 0 aliphatic carbocycles. The molecule has 0 saturated heterocycles. The molecule has 0 bridgehead atoms. The summed E-state index contributed by atoms with van der Waals surface area (Å²) in [7, 11) is 3.80. The van der Waals surface area contributed by atoms with Crippen LogP contribution in [0.4, 0.5) is 5.69 Å². The van der Waals surface area contributed by atoms with E-state index in [1.54, 1.807) is 7.11 Å². The van der Waals surface area contributed by atoms with E-state index in [1.807, 2.05) is 19.1 Å². The van der Waals surface area contributed by atoms with Crippen molar-refractivity contribution in [2.75, 3.05) is 51.9 Å². The van der Waals surface area contributed by atoms with Gasteiger partial charge >= 0.3 is 0 Å². The normalized spacial score (nSPS) is 10.6. The SMILES string of the molecule is CCOCCCCNCCN(C)c1ccc(OC)cc1. The van der Waals surface area contributed by atoms with Crippen LogP contribution in [-0.4, -0.2) is 47.0 Å². The van der Waals surface area contributed by atoms with E-state index in [-0.39, 0.29) is 0 Å². The van der Waals surface area contributed by atoms with Crippen LogP contribution in [0.2, 0.25) is 0 Å². The van der Waals surface area contributed by atoms with Crippen molar-refractivity contribution < 1.29 is 9.47 Å². The zero-order valence-electron chi connectivity index (χ0n) is 13.0. The zero-order chi connectivity index (χ0) is 14.6. The number of anilines is 1. The maximum Gasteiger partial charge on any atom is 0.119 e. The van der Waals surface area contributed by atoms with E-state index in [1.165, 1.54) is 12.1 Å². The lowest BCUT2D eigenvalue weighted by Crippen LogP contribution is -2.29. The van der Waals surface area contributed by atoms with Crippen LogP contribution in [0, 0.1) is 0 Å². The number of ether oxygens (including phenoxy) is 2. The van der Waals surface area contributed by atoms with E-state index in [0.717, 1.165) is 45.0 Å². The van der Waals surface area contributed by atoms with E-state index in [0.29, 0.717) is 0 Å². The Morgan fingerprint density at radius 1 is 1.10 bits per heavy atom. The first-order valence-electron chi connectivity index (χ1n) is 7.41. The predicted octanol–water partition coefficient (Wildman–Crippen LogP) is 2.54. The third-order valence-corrected chi connectivity index (χ3v) is 3.23. The van der Waals surface area contributed by atoms with Gasteiger partial charge < -0.3 is 19.7 Å². The standard InChI is InChI=1S/C16H28N2O2/c1-4-20-14-6-5-11-17-12-13-18(2)15-7-9-16(19-3)10-8-15/h7-10,17H,4-6,11-14H2,1-3H3. The quantitative estimate of drug-likeness (QED) is 0.632. The number of hydrogen-bond donors (Lipinski definition) is 1. The van der Waals surface area contributed by atoms with Gasteiger partial charge in [0.05, 0.1) is 7.11 Å². The highest BCUT2D eigenvalue weighted by Gasteiger charge is 2.00. The molecule has 1 aromatic rings. The molecule has 0 atom stereocenters. The van der Waals surface area contributed by atoms with Gasteiger partial charge in [0.1, 0.15) is 5.75 Å². The summed E-state index contributed by atoms with van der Waals surface area (Å²) in [4.78, 5) is 2.24. The van der Waals surface area contributed by atoms with E-state index in [9.17, 15) is 0 Å². The van der Waals surface area contributed by atoms with Crippen molar-refractivity contribution in [1.82, 2.24) is 5.32 Å². The van der Waals surface area contributed by atoms with Gasteiger partial charge in [-0.05, 0) is 50.6 Å². The first-order valence-corrected chi connectivity index (χ1v) is 7.41. The van der Waals surface area contributed by atoms with Gasteiger partial charge in [0.2, 0.25) is 0 Å². The summed E-state index contributed by atoms with van der Waals surface area (Å²) in [6.07, 6.45) is 2.31. The fourth-order valence-electron chi connectivity index (χ4n) is 1.94. The molecule has 0 heterocycles. The average Bonchev–Trinajstić information content (AvgIpc) is 2.50. The number of nitrogens with zero attached hydrogens (tertiary/aromatic N) is 1. The molecular formula is C16H28N2O2. The minimum atomic E-state index is 0.820. The topological polar surface area (TPSA) is 33.7 Å². The van der Waals surface area contributed by atoms with Crippen LogP contribution in [0.1, 0.15) is 19.8 Å². The first kappa shape index (κ1) is 16.8. The van der Waals surface area contributed by atoms with Crippen molar-refractivity contribution >= 4 is 5.69 Å². The number of unbranched alkanes of at least 4 members (excludes halogenated alkanes) is 1. The van der Waals surface area contributed by atoms with Crippen molar-refractivity contribution in [3.63, 3.8) is 0 Å². The minimum Gasteiger partial charge on any atom is -0.497 e. The Labute approximate surface area is 123 Å². The molecule has 0 radical (unpaired) electrons. The van der Waals surface area contributed by atoms with Crippen molar-refractivity contribution in [3.8, 4) is 5.75 Å². The summed E-state index contributed by atoms with van der Waals surface area (Å²) in [6.45, 7) is 6.79. The van der Waals surface area contributed by atoms with Gasteiger partial charge in [0, 0.05) is 39.0 Å². The van der Waals surface area contributed by atoms with E-state index >= 15 is 0 Å². The molecule has 0 aliphatic heterocycles. The smallest absolute Gasteiger partial charge is 0.119 e. The summed E-state index contributed by atoms with van der Waals surface area (Å²) in [6, 6.07) is 8.15. The molecule has 0 spiro atoms. The van der Waals surface area contributed by atoms with Crippen LogP contribution in [0.3, 0.4) is 0 Å². The van der Waals surface area contributed by atoms with Crippen molar-refractivity contribution in [1.29, 1.82) is 0 Å². The molecule has 0 aliphatic rings. The molecule has 1 rings (SSSR count). The number of nitrogens with one attached hydrogen (secondary N) is 1. The van der Waals surface area contributed by atoms with Crippen molar-refractivity contribution in [2.45, 2.75) is 19.8 Å². The van der Waals surface area contributed by atoms with Gasteiger partial charge in [0.15, 0.2) is 0 Å². The zero-order valence-corrected chi connectivity index (χ0v) is 13.0. The van der Waals surface area contributed by atoms with Crippen LogP contribution in [0.15, 0.2) is 24.3 Å². The molecule has 1 aromatic carbocycles. The molecule has 0 saturated carbocycles. The number of likely N-dealkylation sites (N-methyl/N-ethyl adjacent to an activating group) is 1. The highest BCUT2D eigenvalue weighted by molar-refractivity contribution is 5.48. The van der Waals surface area contributed by atoms with Gasteiger partial charge in [-0.15, -0.1) is 0 Å². The van der Waals surface area contributed by atoms with Gasteiger partial charge in [-0.2, -0.15) is 0 Å². The van der Waals surface area contributed by atoms with E-state index in [2.05, 4.69) is 29.4 Å². The number of benzene rings is 1. The van der Waals surface area contributed by atoms with Crippen LogP contribution < -0.4 is 15.0 Å². The van der Waals surface area contributed by atoms with E-state index in [4.69, 9.17) is 9.47 Å². The first-order chi connectivity index (χ1) is 9.77. The maximum atomic E-state index is 5.31. The Morgan fingerprint density at radius 3 is 2.50 bits per heavy atom. The Kier molecular flexibility index (Phi) is 8.83. The van der Waals surface area contributed by atoms with Crippen LogP contribution >= 0.6 is 0 Å². The van der Waals surface area contributed by atoms with Crippen molar-refractivity contribution in [2.24, 2.45) is 0 Å². The number of methoxy groups -OCH3 is 1. The lowest BCUT2D eigenvalue weighted by atomic mass is 10.3. The lowest BCUT2D eigenvalue weighted by Gasteiger charge is -2.19. The Morgan fingerprint density at radius 2 is 1.85 bits per heavy atom. The molecule has 0 amide bonds. The highest BCUT2D eigenvalue weighted by atomic mass is 16.5. The van der Waals surface area contributed by atoms with Crippen LogP contribution in [-0.2, 0) is 4.74 Å². The lowest BCUT2D eigenvalue weighted by molar-refractivity contribution is 0.143. The molecule has 4 nitrogen and oxygen atoms in total. The summed E-state index contributed by atoms with van der Waals surface area (Å²) >= 11 is 0. The fraction of sp³-hybridized carbons (Fsp3) is 0.625. The Bertz CT molecular complexity index is 341. The molecule has 114 valence electrons. The average molecular weight is 280 g/mol. The highest BCUT2D eigenvalue weighted by Crippen LogP contribution is 2.17. The molecule has 4 heteroatoms. The summed E-state index contributed by atoms with van der Waals surface area (Å²) in [5, 5.41) is 3.46. The Hall–Kier alpha value is -1.26. The second-order valence-corrected chi connectivity index (χ2v) is 4.77. The van der Waals surface area contributed by atoms with E-state index < -0.39 is 0 Å². The molecule has 20 heavy (non-hydrogen) atoms. The Balaban J connectivity index is 2.08. The third-order valence-electron chi connectivity index (χ3n) is 3.23. The third kappa shape index (κ3) is 6.78. The maximum absolute atomic E-state index is 5.31. The van der Waals surface area contributed by atoms with Gasteiger partial charge in [-0.3, -0.25) is 0 Å². The predicted molar refractivity (Wildman–Crippen MR) is 84.9 cm³/mol. The molecule has 0 unspecified atom stereocenters. The second kappa shape index (κ2) is 10.5. The van der Waals surface area contributed by atoms with Crippen molar-refractivity contribution in [3.05, 3.63) is 24.3 Å². The minimum absolute atomic E-state index is 0.820.